The molecule has 33 heavy (non-hydrogen) atoms. The lowest BCUT2D eigenvalue weighted by atomic mass is 9.42. The molecule has 0 bridgehead atoms. The molecule has 0 amide bonds. The first kappa shape index (κ1) is 23.7. The zero-order valence-electron chi connectivity index (χ0n) is 21.9. The first-order valence-corrected chi connectivity index (χ1v) is 13.6. The van der Waals surface area contributed by atoms with Gasteiger partial charge < -0.3 is 9.84 Å². The summed E-state index contributed by atoms with van der Waals surface area (Å²) in [6.45, 7) is 10.9. The van der Waals surface area contributed by atoms with Crippen LogP contribution in [0.3, 0.4) is 0 Å². The van der Waals surface area contributed by atoms with E-state index in [-0.39, 0.29) is 6.10 Å². The van der Waals surface area contributed by atoms with Crippen LogP contribution in [0.4, 0.5) is 0 Å². The monoisotopic (exact) mass is 453 g/mol. The van der Waals surface area contributed by atoms with Crippen molar-refractivity contribution in [3.8, 4) is 5.75 Å². The summed E-state index contributed by atoms with van der Waals surface area (Å²) in [4.78, 5) is 2.06. The summed E-state index contributed by atoms with van der Waals surface area (Å²) < 4.78 is 5.95. The minimum absolute atomic E-state index is 0.0892. The quantitative estimate of drug-likeness (QED) is 0.514. The third-order valence-corrected chi connectivity index (χ3v) is 11.3. The number of hydrogen-bond donors (Lipinski definition) is 1. The van der Waals surface area contributed by atoms with Gasteiger partial charge in [-0.05, 0) is 129 Å². The molecule has 0 heterocycles. The van der Waals surface area contributed by atoms with Gasteiger partial charge in [-0.1, -0.05) is 39.8 Å². The van der Waals surface area contributed by atoms with Gasteiger partial charge in [0, 0.05) is 0 Å². The highest BCUT2D eigenvalue weighted by molar-refractivity contribution is 5.32. The van der Waals surface area contributed by atoms with Crippen molar-refractivity contribution in [3.63, 3.8) is 0 Å². The van der Waals surface area contributed by atoms with Gasteiger partial charge in [-0.2, -0.15) is 0 Å². The van der Waals surface area contributed by atoms with E-state index in [0.29, 0.717) is 28.9 Å². The molecule has 0 spiro atoms. The maximum Gasteiger partial charge on any atom is 0.141 e. The molecule has 4 aliphatic rings. The molecule has 0 aromatic heterocycles. The molecule has 6 unspecified atom stereocenters. The van der Waals surface area contributed by atoms with Crippen LogP contribution < -0.4 is 4.74 Å². The summed E-state index contributed by atoms with van der Waals surface area (Å²) in [5.74, 6) is 4.82. The highest BCUT2D eigenvalue weighted by Crippen LogP contribution is 2.72. The van der Waals surface area contributed by atoms with E-state index in [4.69, 9.17) is 4.74 Å². The fourth-order valence-corrected chi connectivity index (χ4v) is 9.18. The van der Waals surface area contributed by atoms with Crippen LogP contribution in [0, 0.1) is 39.9 Å². The Labute approximate surface area is 202 Å². The van der Waals surface area contributed by atoms with Gasteiger partial charge in [0.1, 0.15) is 12.5 Å². The summed E-state index contributed by atoms with van der Waals surface area (Å²) in [6.07, 6.45) is 9.93. The summed E-state index contributed by atoms with van der Waals surface area (Å²) in [6, 6.07) is 9.16. The van der Waals surface area contributed by atoms with Crippen molar-refractivity contribution in [2.24, 2.45) is 39.9 Å². The molecule has 1 aromatic rings. The van der Waals surface area contributed by atoms with Crippen LogP contribution >= 0.6 is 0 Å². The maximum atomic E-state index is 10.6. The number of rotatable bonds is 4. The van der Waals surface area contributed by atoms with E-state index in [2.05, 4.69) is 56.9 Å². The van der Waals surface area contributed by atoms with E-state index in [1.807, 2.05) is 14.1 Å². The van der Waals surface area contributed by atoms with Crippen LogP contribution in [-0.2, 0) is 0 Å². The van der Waals surface area contributed by atoms with E-state index >= 15 is 0 Å². The van der Waals surface area contributed by atoms with Crippen molar-refractivity contribution < 1.29 is 9.84 Å². The van der Waals surface area contributed by atoms with Gasteiger partial charge in [0.2, 0.25) is 0 Å². The molecular formula is C30H47NO2. The minimum atomic E-state index is -0.0892. The second-order valence-electron chi connectivity index (χ2n) is 13.7. The topological polar surface area (TPSA) is 32.7 Å². The molecule has 5 rings (SSSR count). The second kappa shape index (κ2) is 8.26. The van der Waals surface area contributed by atoms with Crippen LogP contribution in [0.2, 0.25) is 0 Å². The molecule has 0 radical (unpaired) electrons. The molecular weight excluding hydrogens is 406 g/mol. The molecule has 0 saturated heterocycles. The number of benzene rings is 1. The molecule has 4 fully saturated rings. The molecule has 3 nitrogen and oxygen atoms in total. The fraction of sp³-hybridized carbons (Fsp3) is 0.800. The molecule has 1 aromatic carbocycles. The van der Waals surface area contributed by atoms with Crippen LogP contribution in [0.1, 0.15) is 90.5 Å². The fourth-order valence-electron chi connectivity index (χ4n) is 9.18. The van der Waals surface area contributed by atoms with E-state index in [0.717, 1.165) is 42.3 Å². The Hall–Kier alpha value is -1.06. The predicted octanol–water partition coefficient (Wildman–Crippen LogP) is 6.71. The SMILES string of the molecule is CN(C)COc1ccc([C@H]2C[C@@]3(C)C(CCC3(C)C)C3CCC4(C)CC(O)CCC4C32)cc1. The molecule has 1 N–H and O–H groups in total. The first-order valence-electron chi connectivity index (χ1n) is 13.6. The lowest BCUT2D eigenvalue weighted by molar-refractivity contribution is -0.132. The van der Waals surface area contributed by atoms with Crippen molar-refractivity contribution in [2.75, 3.05) is 20.8 Å². The number of aliphatic hydroxyl groups excluding tert-OH is 1. The maximum absolute atomic E-state index is 10.6. The zero-order valence-corrected chi connectivity index (χ0v) is 21.9. The van der Waals surface area contributed by atoms with Gasteiger partial charge in [0.05, 0.1) is 6.10 Å². The van der Waals surface area contributed by atoms with E-state index < -0.39 is 0 Å². The van der Waals surface area contributed by atoms with Gasteiger partial charge in [-0.3, -0.25) is 4.90 Å². The molecule has 4 aliphatic carbocycles. The Morgan fingerprint density at radius 1 is 0.909 bits per heavy atom. The van der Waals surface area contributed by atoms with Crippen molar-refractivity contribution in [2.45, 2.75) is 91.1 Å². The van der Waals surface area contributed by atoms with Gasteiger partial charge in [-0.25, -0.2) is 0 Å². The molecule has 0 aliphatic heterocycles. The Kier molecular flexibility index (Phi) is 5.93. The summed E-state index contributed by atoms with van der Waals surface area (Å²) in [5, 5.41) is 10.6. The van der Waals surface area contributed by atoms with Crippen molar-refractivity contribution in [3.05, 3.63) is 29.8 Å². The van der Waals surface area contributed by atoms with Crippen LogP contribution in [-0.4, -0.2) is 36.9 Å². The van der Waals surface area contributed by atoms with Gasteiger partial charge in [-0.15, -0.1) is 0 Å². The predicted molar refractivity (Wildman–Crippen MR) is 135 cm³/mol. The number of fused-ring (bicyclic) bond motifs is 5. The number of nitrogens with zero attached hydrogens (tertiary/aromatic N) is 1. The normalized spacial score (nSPS) is 44.1. The minimum Gasteiger partial charge on any atom is -0.478 e. The number of hydrogen-bond acceptors (Lipinski definition) is 3. The van der Waals surface area contributed by atoms with Crippen molar-refractivity contribution in [1.82, 2.24) is 4.90 Å². The second-order valence-corrected chi connectivity index (χ2v) is 13.7. The third kappa shape index (κ3) is 3.86. The first-order chi connectivity index (χ1) is 15.5. The lowest BCUT2D eigenvalue weighted by Gasteiger charge is -2.63. The average Bonchev–Trinajstić information content (AvgIpc) is 3.00. The third-order valence-electron chi connectivity index (χ3n) is 11.3. The molecule has 3 heteroatoms. The highest BCUT2D eigenvalue weighted by Gasteiger charge is 2.63. The number of aliphatic hydroxyl groups is 1. The van der Waals surface area contributed by atoms with E-state index in [1.54, 1.807) is 0 Å². The summed E-state index contributed by atoms with van der Waals surface area (Å²) >= 11 is 0. The van der Waals surface area contributed by atoms with Gasteiger partial charge >= 0.3 is 0 Å². The average molecular weight is 454 g/mol. The standard InChI is InChI=1S/C30H47NO2/c1-28(2)15-14-25-23-13-16-29(3)17-21(32)9-12-26(29)27(23)24(18-30(25,28)4)20-7-10-22(11-8-20)33-19-31(5)6/h7-8,10-11,21,23-27,32H,9,12-19H2,1-6H3/t21?,23?,24-,25?,26?,27?,29?,30+/m1/s1. The van der Waals surface area contributed by atoms with Crippen LogP contribution in [0.25, 0.3) is 0 Å². The molecule has 184 valence electrons. The van der Waals surface area contributed by atoms with E-state index in [1.165, 1.54) is 44.1 Å². The Bertz CT molecular complexity index is 847. The number of ether oxygens (including phenoxy) is 1. The largest absolute Gasteiger partial charge is 0.478 e. The van der Waals surface area contributed by atoms with E-state index in [9.17, 15) is 5.11 Å². The van der Waals surface area contributed by atoms with Crippen molar-refractivity contribution >= 4 is 0 Å². The Balaban J connectivity index is 1.51. The smallest absolute Gasteiger partial charge is 0.141 e. The highest BCUT2D eigenvalue weighted by atomic mass is 16.5. The van der Waals surface area contributed by atoms with Crippen molar-refractivity contribution in [1.29, 1.82) is 0 Å². The Morgan fingerprint density at radius 3 is 2.33 bits per heavy atom. The zero-order chi connectivity index (χ0) is 23.6. The van der Waals surface area contributed by atoms with Gasteiger partial charge in [0.25, 0.3) is 0 Å². The summed E-state index contributed by atoms with van der Waals surface area (Å²) in [7, 11) is 4.08. The summed E-state index contributed by atoms with van der Waals surface area (Å²) in [5.41, 5.74) is 2.67. The van der Waals surface area contributed by atoms with Crippen LogP contribution in [0.15, 0.2) is 24.3 Å². The Morgan fingerprint density at radius 2 is 1.64 bits per heavy atom. The van der Waals surface area contributed by atoms with Gasteiger partial charge in [0.15, 0.2) is 0 Å². The molecule has 8 atom stereocenters. The lowest BCUT2D eigenvalue weighted by Crippen LogP contribution is -2.56. The van der Waals surface area contributed by atoms with Crippen LogP contribution in [0.5, 0.6) is 5.75 Å². The molecule has 4 saturated carbocycles.